The Hall–Kier alpha value is -2.03. The lowest BCUT2D eigenvalue weighted by Gasteiger charge is -1.91. The summed E-state index contributed by atoms with van der Waals surface area (Å²) < 4.78 is 31.6. The number of hydrogen-bond acceptors (Lipinski definition) is 4. The molecule has 1 aromatic heterocycles. The minimum Gasteiger partial charge on any atom is -0.481 e. The van der Waals surface area contributed by atoms with Gasteiger partial charge < -0.3 is 5.11 Å². The molecule has 1 aromatic carbocycles. The highest BCUT2D eigenvalue weighted by Crippen LogP contribution is 2.07. The molecule has 0 amide bonds. The fraction of sp³-hybridized carbons (Fsp3) is 0.0909. The number of benzene rings is 1. The molecular formula is C11H13NO6S. The average Bonchev–Trinajstić information content (AvgIpc) is 2.26. The third kappa shape index (κ3) is 12.2. The van der Waals surface area contributed by atoms with Gasteiger partial charge >= 0.3 is 10.4 Å². The first-order chi connectivity index (χ1) is 8.70. The number of carboxylic acid groups (broad SMARTS) is 1. The fourth-order valence-electron chi connectivity index (χ4n) is 1.02. The number of fused-ring (bicyclic) bond motifs is 1. The molecule has 2 aromatic rings. The number of pyridine rings is 1. The van der Waals surface area contributed by atoms with Crippen molar-refractivity contribution in [1.29, 1.82) is 0 Å². The highest BCUT2D eigenvalue weighted by Gasteiger charge is 1.86. The summed E-state index contributed by atoms with van der Waals surface area (Å²) >= 11 is 0. The standard InChI is InChI=1S/C9H7N.C2H4O2.H2O4S/c1-2-6-9-8(4-1)5-3-7-10-9;1-2(3)4;1-5(2,3)4/h1-7H;1H3,(H,3,4);(H2,1,2,3,4). The molecule has 8 heteroatoms. The summed E-state index contributed by atoms with van der Waals surface area (Å²) in [5.41, 5.74) is 1.06. The lowest BCUT2D eigenvalue weighted by molar-refractivity contribution is -0.134. The van der Waals surface area contributed by atoms with E-state index in [9.17, 15) is 0 Å². The number of carbonyl (C=O) groups is 1. The maximum atomic E-state index is 9.00. The molecule has 0 saturated heterocycles. The van der Waals surface area contributed by atoms with Gasteiger partial charge in [-0.1, -0.05) is 24.3 Å². The molecular weight excluding hydrogens is 274 g/mol. The van der Waals surface area contributed by atoms with Crippen molar-refractivity contribution >= 4 is 27.3 Å². The molecule has 0 aliphatic rings. The summed E-state index contributed by atoms with van der Waals surface area (Å²) in [7, 11) is -4.67. The van der Waals surface area contributed by atoms with Gasteiger partial charge in [-0.3, -0.25) is 18.9 Å². The van der Waals surface area contributed by atoms with Crippen LogP contribution in [0.3, 0.4) is 0 Å². The maximum Gasteiger partial charge on any atom is 0.394 e. The van der Waals surface area contributed by atoms with Crippen molar-refractivity contribution in [3.05, 3.63) is 42.6 Å². The zero-order chi connectivity index (χ0) is 14.9. The van der Waals surface area contributed by atoms with Crippen molar-refractivity contribution in [2.45, 2.75) is 6.92 Å². The normalized spacial score (nSPS) is 9.63. The van der Waals surface area contributed by atoms with Crippen LogP contribution in [0.15, 0.2) is 42.6 Å². The summed E-state index contributed by atoms with van der Waals surface area (Å²) in [5, 5.41) is 8.62. The van der Waals surface area contributed by atoms with E-state index in [-0.39, 0.29) is 0 Å². The molecule has 0 fully saturated rings. The van der Waals surface area contributed by atoms with Crippen LogP contribution in [-0.2, 0) is 15.2 Å². The van der Waals surface area contributed by atoms with E-state index >= 15 is 0 Å². The van der Waals surface area contributed by atoms with Gasteiger partial charge in [0.1, 0.15) is 0 Å². The number of aliphatic carboxylic acids is 1. The molecule has 104 valence electrons. The van der Waals surface area contributed by atoms with Crippen molar-refractivity contribution in [3.8, 4) is 0 Å². The lowest BCUT2D eigenvalue weighted by atomic mass is 10.2. The number of rotatable bonds is 0. The highest BCUT2D eigenvalue weighted by molar-refractivity contribution is 7.79. The molecule has 0 atom stereocenters. The number of para-hydroxylation sites is 1. The van der Waals surface area contributed by atoms with E-state index in [2.05, 4.69) is 17.1 Å². The molecule has 1 heterocycles. The average molecular weight is 287 g/mol. The summed E-state index contributed by atoms with van der Waals surface area (Å²) in [5.74, 6) is -0.833. The van der Waals surface area contributed by atoms with Crippen LogP contribution in [0.1, 0.15) is 6.92 Å². The second kappa shape index (κ2) is 8.14. The fourth-order valence-corrected chi connectivity index (χ4v) is 1.02. The van der Waals surface area contributed by atoms with Crippen molar-refractivity contribution in [2.24, 2.45) is 0 Å². The Kier molecular flexibility index (Phi) is 7.27. The Bertz CT molecular complexity index is 548. The lowest BCUT2D eigenvalue weighted by Crippen LogP contribution is -1.89. The predicted octanol–water partition coefficient (Wildman–Crippen LogP) is 1.67. The van der Waals surface area contributed by atoms with E-state index in [1.165, 1.54) is 5.39 Å². The SMILES string of the molecule is CC(=O)O.O=S(=O)(O)O.c1ccc2ncccc2c1. The zero-order valence-corrected chi connectivity index (χ0v) is 10.8. The highest BCUT2D eigenvalue weighted by atomic mass is 32.3. The Labute approximate surface area is 110 Å². The van der Waals surface area contributed by atoms with Gasteiger partial charge in [-0.2, -0.15) is 8.42 Å². The van der Waals surface area contributed by atoms with E-state index < -0.39 is 16.4 Å². The number of carboxylic acids is 1. The van der Waals surface area contributed by atoms with Crippen LogP contribution in [0, 0.1) is 0 Å². The van der Waals surface area contributed by atoms with Crippen molar-refractivity contribution < 1.29 is 27.4 Å². The quantitative estimate of drug-likeness (QED) is 0.629. The zero-order valence-electron chi connectivity index (χ0n) is 9.96. The van der Waals surface area contributed by atoms with Crippen LogP contribution >= 0.6 is 0 Å². The first kappa shape index (κ1) is 17.0. The Morgan fingerprint density at radius 3 is 2.00 bits per heavy atom. The molecule has 19 heavy (non-hydrogen) atoms. The van der Waals surface area contributed by atoms with Crippen LogP contribution in [0.5, 0.6) is 0 Å². The molecule has 0 unspecified atom stereocenters. The molecule has 7 nitrogen and oxygen atoms in total. The van der Waals surface area contributed by atoms with Gasteiger partial charge in [-0.15, -0.1) is 0 Å². The summed E-state index contributed by atoms with van der Waals surface area (Å²) in [6.45, 7) is 1.08. The Balaban J connectivity index is 0.000000307. The maximum absolute atomic E-state index is 9.00. The number of aromatic nitrogens is 1. The molecule has 3 N–H and O–H groups in total. The molecule has 0 aliphatic heterocycles. The number of hydrogen-bond donors (Lipinski definition) is 3. The Morgan fingerprint density at radius 2 is 1.53 bits per heavy atom. The van der Waals surface area contributed by atoms with Crippen LogP contribution in [0.4, 0.5) is 0 Å². The first-order valence-corrected chi connectivity index (χ1v) is 6.29. The van der Waals surface area contributed by atoms with Gasteiger partial charge in [-0.05, 0) is 12.1 Å². The van der Waals surface area contributed by atoms with Gasteiger partial charge in [0.25, 0.3) is 5.97 Å². The predicted molar refractivity (Wildman–Crippen MR) is 69.2 cm³/mol. The molecule has 2 rings (SSSR count). The van der Waals surface area contributed by atoms with Crippen molar-refractivity contribution in [3.63, 3.8) is 0 Å². The molecule has 0 aliphatic carbocycles. The van der Waals surface area contributed by atoms with E-state index in [1.54, 1.807) is 0 Å². The topological polar surface area (TPSA) is 125 Å². The summed E-state index contributed by atoms with van der Waals surface area (Å²) in [6.07, 6.45) is 1.81. The number of nitrogens with zero attached hydrogens (tertiary/aromatic N) is 1. The van der Waals surface area contributed by atoms with Gasteiger partial charge in [-0.25, -0.2) is 0 Å². The van der Waals surface area contributed by atoms with Gasteiger partial charge in [0.15, 0.2) is 0 Å². The van der Waals surface area contributed by atoms with Gasteiger partial charge in [0, 0.05) is 18.5 Å². The van der Waals surface area contributed by atoms with E-state index in [4.69, 9.17) is 27.4 Å². The third-order valence-electron chi connectivity index (χ3n) is 1.51. The third-order valence-corrected chi connectivity index (χ3v) is 1.51. The van der Waals surface area contributed by atoms with Gasteiger partial charge in [0.2, 0.25) is 0 Å². The van der Waals surface area contributed by atoms with Crippen LogP contribution in [0.25, 0.3) is 10.9 Å². The monoisotopic (exact) mass is 287 g/mol. The van der Waals surface area contributed by atoms with E-state index in [1.807, 2.05) is 30.5 Å². The molecule has 0 radical (unpaired) electrons. The van der Waals surface area contributed by atoms with Crippen LogP contribution in [-0.4, -0.2) is 33.6 Å². The molecule has 0 saturated carbocycles. The second-order valence-corrected chi connectivity index (χ2v) is 4.06. The minimum absolute atomic E-state index is 0.833. The first-order valence-electron chi connectivity index (χ1n) is 4.89. The second-order valence-electron chi connectivity index (χ2n) is 3.16. The largest absolute Gasteiger partial charge is 0.481 e. The van der Waals surface area contributed by atoms with Crippen molar-refractivity contribution in [2.75, 3.05) is 0 Å². The van der Waals surface area contributed by atoms with Crippen molar-refractivity contribution in [1.82, 2.24) is 4.98 Å². The summed E-state index contributed by atoms with van der Waals surface area (Å²) in [6, 6.07) is 12.1. The van der Waals surface area contributed by atoms with E-state index in [0.717, 1.165) is 12.4 Å². The Morgan fingerprint density at radius 1 is 1.11 bits per heavy atom. The summed E-state index contributed by atoms with van der Waals surface area (Å²) in [4.78, 5) is 13.2. The molecule has 0 bridgehead atoms. The van der Waals surface area contributed by atoms with Crippen LogP contribution < -0.4 is 0 Å². The van der Waals surface area contributed by atoms with E-state index in [0.29, 0.717) is 0 Å². The van der Waals surface area contributed by atoms with Gasteiger partial charge in [0.05, 0.1) is 5.52 Å². The minimum atomic E-state index is -4.67. The smallest absolute Gasteiger partial charge is 0.394 e. The molecule has 0 spiro atoms. The van der Waals surface area contributed by atoms with Crippen LogP contribution in [0.2, 0.25) is 0 Å².